The third-order valence-corrected chi connectivity index (χ3v) is 3.86. The highest BCUT2D eigenvalue weighted by atomic mass is 35.5. The molecule has 1 nitrogen and oxygen atoms in total. The van der Waals surface area contributed by atoms with Crippen LogP contribution in [0.1, 0.15) is 11.1 Å². The Hall–Kier alpha value is -1.12. The summed E-state index contributed by atoms with van der Waals surface area (Å²) in [7, 11) is 0. The predicted octanol–water partition coefficient (Wildman–Crippen LogP) is 4.36. The van der Waals surface area contributed by atoms with Gasteiger partial charge in [0.25, 0.3) is 0 Å². The number of rotatable bonds is 4. The van der Waals surface area contributed by atoms with Crippen molar-refractivity contribution in [1.29, 1.82) is 0 Å². The molecule has 3 heteroatoms. The SMILES string of the molecule is Nc1cc(CSCc2ccccc2)ccc1Cl. The van der Waals surface area contributed by atoms with Gasteiger partial charge in [0.05, 0.1) is 10.7 Å². The monoisotopic (exact) mass is 263 g/mol. The van der Waals surface area contributed by atoms with Crippen LogP contribution in [0.5, 0.6) is 0 Å². The number of halogens is 1. The average Bonchev–Trinajstić information content (AvgIpc) is 2.35. The molecule has 88 valence electrons. The summed E-state index contributed by atoms with van der Waals surface area (Å²) in [5, 5.41) is 0.627. The fraction of sp³-hybridized carbons (Fsp3) is 0.143. The number of hydrogen-bond donors (Lipinski definition) is 1. The summed E-state index contributed by atoms with van der Waals surface area (Å²) in [6.07, 6.45) is 0. The lowest BCUT2D eigenvalue weighted by atomic mass is 10.2. The Kier molecular flexibility index (Phi) is 4.35. The van der Waals surface area contributed by atoms with E-state index in [-0.39, 0.29) is 0 Å². The van der Waals surface area contributed by atoms with Crippen molar-refractivity contribution in [2.45, 2.75) is 11.5 Å². The molecule has 0 aliphatic rings. The van der Waals surface area contributed by atoms with Crippen molar-refractivity contribution >= 4 is 29.1 Å². The molecule has 0 amide bonds. The molecule has 0 aromatic heterocycles. The summed E-state index contributed by atoms with van der Waals surface area (Å²) in [6, 6.07) is 16.3. The highest BCUT2D eigenvalue weighted by Gasteiger charge is 1.99. The van der Waals surface area contributed by atoms with Crippen LogP contribution in [0, 0.1) is 0 Å². The van der Waals surface area contributed by atoms with Gasteiger partial charge in [-0.15, -0.1) is 0 Å². The van der Waals surface area contributed by atoms with Gasteiger partial charge in [-0.1, -0.05) is 48.0 Å². The number of hydrogen-bond acceptors (Lipinski definition) is 2. The van der Waals surface area contributed by atoms with Crippen LogP contribution >= 0.6 is 23.4 Å². The van der Waals surface area contributed by atoms with Crippen molar-refractivity contribution in [2.24, 2.45) is 0 Å². The molecular formula is C14H14ClNS. The van der Waals surface area contributed by atoms with Crippen LogP contribution in [-0.2, 0) is 11.5 Å². The average molecular weight is 264 g/mol. The number of benzene rings is 2. The first-order chi connectivity index (χ1) is 8.25. The van der Waals surface area contributed by atoms with Gasteiger partial charge in [0.1, 0.15) is 0 Å². The van der Waals surface area contributed by atoms with Crippen LogP contribution in [0.25, 0.3) is 0 Å². The molecular weight excluding hydrogens is 250 g/mol. The molecule has 0 radical (unpaired) electrons. The first-order valence-electron chi connectivity index (χ1n) is 5.41. The largest absolute Gasteiger partial charge is 0.398 e. The quantitative estimate of drug-likeness (QED) is 0.830. The fourth-order valence-electron chi connectivity index (χ4n) is 1.54. The first-order valence-corrected chi connectivity index (χ1v) is 6.94. The van der Waals surface area contributed by atoms with Crippen LogP contribution in [0.2, 0.25) is 5.02 Å². The zero-order chi connectivity index (χ0) is 12.1. The Labute approximate surface area is 111 Å². The molecule has 0 saturated heterocycles. The van der Waals surface area contributed by atoms with E-state index >= 15 is 0 Å². The van der Waals surface area contributed by atoms with Crippen LogP contribution < -0.4 is 5.73 Å². The molecule has 0 fully saturated rings. The molecule has 0 atom stereocenters. The van der Waals surface area contributed by atoms with Gasteiger partial charge in [0, 0.05) is 11.5 Å². The van der Waals surface area contributed by atoms with Gasteiger partial charge >= 0.3 is 0 Å². The predicted molar refractivity (Wildman–Crippen MR) is 77.3 cm³/mol. The molecule has 0 saturated carbocycles. The molecule has 0 aliphatic heterocycles. The van der Waals surface area contributed by atoms with Gasteiger partial charge < -0.3 is 5.73 Å². The number of anilines is 1. The minimum absolute atomic E-state index is 0.627. The van der Waals surface area contributed by atoms with Crippen molar-refractivity contribution in [3.63, 3.8) is 0 Å². The molecule has 17 heavy (non-hydrogen) atoms. The van der Waals surface area contributed by atoms with Crippen molar-refractivity contribution in [3.8, 4) is 0 Å². The van der Waals surface area contributed by atoms with Crippen LogP contribution in [0.15, 0.2) is 48.5 Å². The van der Waals surface area contributed by atoms with Crippen LogP contribution in [-0.4, -0.2) is 0 Å². The minimum atomic E-state index is 0.627. The second-order valence-corrected chi connectivity index (χ2v) is 5.23. The van der Waals surface area contributed by atoms with Gasteiger partial charge in [0.2, 0.25) is 0 Å². The summed E-state index contributed by atoms with van der Waals surface area (Å²) in [6.45, 7) is 0. The lowest BCUT2D eigenvalue weighted by Gasteiger charge is -2.04. The molecule has 2 aromatic carbocycles. The van der Waals surface area contributed by atoms with E-state index in [0.29, 0.717) is 10.7 Å². The molecule has 0 aliphatic carbocycles. The third-order valence-electron chi connectivity index (χ3n) is 2.44. The van der Waals surface area contributed by atoms with E-state index in [0.717, 1.165) is 11.5 Å². The van der Waals surface area contributed by atoms with Crippen molar-refractivity contribution in [2.75, 3.05) is 5.73 Å². The highest BCUT2D eigenvalue weighted by Crippen LogP contribution is 2.23. The number of nitrogens with two attached hydrogens (primary N) is 1. The summed E-state index contributed by atoms with van der Waals surface area (Å²) >= 11 is 7.75. The van der Waals surface area contributed by atoms with E-state index in [1.807, 2.05) is 36.0 Å². The zero-order valence-electron chi connectivity index (χ0n) is 9.40. The molecule has 2 aromatic rings. The molecule has 0 unspecified atom stereocenters. The van der Waals surface area contributed by atoms with Gasteiger partial charge in [0.15, 0.2) is 0 Å². The molecule has 2 N–H and O–H groups in total. The summed E-state index contributed by atoms with van der Waals surface area (Å²) in [4.78, 5) is 0. The van der Waals surface area contributed by atoms with E-state index in [4.69, 9.17) is 17.3 Å². The fourth-order valence-corrected chi connectivity index (χ4v) is 2.61. The minimum Gasteiger partial charge on any atom is -0.398 e. The summed E-state index contributed by atoms with van der Waals surface area (Å²) in [5.74, 6) is 1.97. The Bertz CT molecular complexity index is 485. The van der Waals surface area contributed by atoms with E-state index in [1.54, 1.807) is 0 Å². The molecule has 0 heterocycles. The van der Waals surface area contributed by atoms with E-state index in [2.05, 4.69) is 24.3 Å². The third kappa shape index (κ3) is 3.69. The Morgan fingerprint density at radius 3 is 2.35 bits per heavy atom. The van der Waals surface area contributed by atoms with Gasteiger partial charge in [-0.3, -0.25) is 0 Å². The molecule has 0 spiro atoms. The maximum Gasteiger partial charge on any atom is 0.0635 e. The van der Waals surface area contributed by atoms with E-state index in [9.17, 15) is 0 Å². The summed E-state index contributed by atoms with van der Waals surface area (Å²) in [5.41, 5.74) is 8.98. The van der Waals surface area contributed by atoms with Gasteiger partial charge in [-0.25, -0.2) is 0 Å². The van der Waals surface area contributed by atoms with Crippen molar-refractivity contribution in [3.05, 3.63) is 64.7 Å². The number of nitrogen functional groups attached to an aromatic ring is 1. The van der Waals surface area contributed by atoms with Crippen molar-refractivity contribution in [1.82, 2.24) is 0 Å². The second-order valence-electron chi connectivity index (χ2n) is 3.83. The zero-order valence-corrected chi connectivity index (χ0v) is 11.0. The lowest BCUT2D eigenvalue weighted by molar-refractivity contribution is 1.37. The lowest BCUT2D eigenvalue weighted by Crippen LogP contribution is -1.89. The van der Waals surface area contributed by atoms with E-state index < -0.39 is 0 Å². The van der Waals surface area contributed by atoms with E-state index in [1.165, 1.54) is 11.1 Å². The van der Waals surface area contributed by atoms with Crippen LogP contribution in [0.3, 0.4) is 0 Å². The van der Waals surface area contributed by atoms with Gasteiger partial charge in [-0.2, -0.15) is 11.8 Å². The topological polar surface area (TPSA) is 26.0 Å². The first kappa shape index (κ1) is 12.3. The van der Waals surface area contributed by atoms with Crippen LogP contribution in [0.4, 0.5) is 5.69 Å². The standard InChI is InChI=1S/C14H14ClNS/c15-13-7-6-12(8-14(13)16)10-17-9-11-4-2-1-3-5-11/h1-8H,9-10,16H2. The summed E-state index contributed by atoms with van der Waals surface area (Å²) < 4.78 is 0. The number of thioether (sulfide) groups is 1. The highest BCUT2D eigenvalue weighted by molar-refractivity contribution is 7.97. The Morgan fingerprint density at radius 1 is 0.941 bits per heavy atom. The molecule has 0 bridgehead atoms. The second kappa shape index (κ2) is 5.99. The normalized spacial score (nSPS) is 10.4. The Morgan fingerprint density at radius 2 is 1.65 bits per heavy atom. The van der Waals surface area contributed by atoms with Gasteiger partial charge in [-0.05, 0) is 23.3 Å². The Balaban J connectivity index is 1.88. The smallest absolute Gasteiger partial charge is 0.0635 e. The van der Waals surface area contributed by atoms with Crippen molar-refractivity contribution < 1.29 is 0 Å². The molecule has 2 rings (SSSR count). The maximum atomic E-state index is 5.88. The maximum absolute atomic E-state index is 5.88.